The molecule has 0 saturated heterocycles. The largest absolute Gasteiger partial charge is 0.469 e. The molecule has 0 heterocycles. The molecule has 0 saturated carbocycles. The minimum Gasteiger partial charge on any atom is -0.469 e. The number of methoxy groups -OCH3 is 2. The molecule has 2 atom stereocenters. The van der Waals surface area contributed by atoms with Gasteiger partial charge >= 0.3 is 11.9 Å². The van der Waals surface area contributed by atoms with Crippen LogP contribution in [0.25, 0.3) is 0 Å². The number of ether oxygens (including phenoxy) is 3. The fourth-order valence-corrected chi connectivity index (χ4v) is 1.23. The molecular formula is C15H32O8. The Labute approximate surface area is 138 Å². The van der Waals surface area contributed by atoms with Crippen LogP contribution in [0.3, 0.4) is 0 Å². The molecule has 8 heteroatoms. The van der Waals surface area contributed by atoms with E-state index < -0.39 is 6.10 Å². The van der Waals surface area contributed by atoms with Crippen LogP contribution in [0.15, 0.2) is 0 Å². The van der Waals surface area contributed by atoms with E-state index in [1.165, 1.54) is 14.2 Å². The van der Waals surface area contributed by atoms with Crippen molar-refractivity contribution >= 4 is 11.9 Å². The van der Waals surface area contributed by atoms with E-state index in [1.807, 2.05) is 6.92 Å². The Morgan fingerprint density at radius 1 is 1.09 bits per heavy atom. The van der Waals surface area contributed by atoms with Gasteiger partial charge in [-0.1, -0.05) is 6.92 Å². The van der Waals surface area contributed by atoms with E-state index in [1.54, 1.807) is 6.92 Å². The average Bonchev–Trinajstić information content (AvgIpc) is 2.55. The standard InChI is InChI=1S/C9H18O5.C5H10O2.CH4O/c1-7(6-13-2)14-9(12)4-3-8(11)5-10;1-3-4-5(6)7-2;1-2/h7-8,10-11H,3-6H2,1-2H3;3-4H2,1-2H3;2H,1H3. The highest BCUT2D eigenvalue weighted by molar-refractivity contribution is 5.69. The third-order valence-electron chi connectivity index (χ3n) is 2.31. The molecule has 0 aromatic carbocycles. The van der Waals surface area contributed by atoms with Gasteiger partial charge in [0.25, 0.3) is 0 Å². The lowest BCUT2D eigenvalue weighted by Crippen LogP contribution is -2.21. The van der Waals surface area contributed by atoms with Crippen molar-refractivity contribution in [2.45, 2.75) is 51.7 Å². The number of esters is 2. The third kappa shape index (κ3) is 23.2. The number of aliphatic hydroxyl groups is 3. The minimum absolute atomic E-state index is 0.107. The molecular weight excluding hydrogens is 308 g/mol. The summed E-state index contributed by atoms with van der Waals surface area (Å²) in [5.74, 6) is -0.510. The first-order chi connectivity index (χ1) is 10.9. The molecule has 0 aliphatic rings. The third-order valence-corrected chi connectivity index (χ3v) is 2.31. The van der Waals surface area contributed by atoms with Crippen molar-refractivity contribution in [2.24, 2.45) is 0 Å². The number of hydrogen-bond donors (Lipinski definition) is 3. The Morgan fingerprint density at radius 2 is 1.65 bits per heavy atom. The highest BCUT2D eigenvalue weighted by Crippen LogP contribution is 2.01. The Hall–Kier alpha value is -1.22. The van der Waals surface area contributed by atoms with Gasteiger partial charge in [0.05, 0.1) is 26.4 Å². The fraction of sp³-hybridized carbons (Fsp3) is 0.867. The summed E-state index contributed by atoms with van der Waals surface area (Å²) in [4.78, 5) is 21.3. The highest BCUT2D eigenvalue weighted by atomic mass is 16.6. The lowest BCUT2D eigenvalue weighted by atomic mass is 10.2. The van der Waals surface area contributed by atoms with Crippen LogP contribution in [0.5, 0.6) is 0 Å². The molecule has 140 valence electrons. The van der Waals surface area contributed by atoms with Crippen molar-refractivity contribution in [3.63, 3.8) is 0 Å². The summed E-state index contributed by atoms with van der Waals surface area (Å²) in [7, 11) is 3.93. The van der Waals surface area contributed by atoms with Gasteiger partial charge in [-0.25, -0.2) is 0 Å². The molecule has 0 radical (unpaired) electrons. The van der Waals surface area contributed by atoms with Crippen LogP contribution in [0, 0.1) is 0 Å². The minimum atomic E-state index is -0.847. The van der Waals surface area contributed by atoms with E-state index in [2.05, 4.69) is 4.74 Å². The number of carbonyl (C=O) groups is 2. The summed E-state index contributed by atoms with van der Waals surface area (Å²) >= 11 is 0. The summed E-state index contributed by atoms with van der Waals surface area (Å²) in [6.07, 6.45) is 0.604. The van der Waals surface area contributed by atoms with Gasteiger partial charge in [-0.15, -0.1) is 0 Å². The average molecular weight is 340 g/mol. The first kappa shape index (κ1) is 26.7. The van der Waals surface area contributed by atoms with Crippen LogP contribution in [0.1, 0.15) is 39.5 Å². The van der Waals surface area contributed by atoms with Crippen molar-refractivity contribution in [3.8, 4) is 0 Å². The van der Waals surface area contributed by atoms with Crippen molar-refractivity contribution in [1.29, 1.82) is 0 Å². The molecule has 23 heavy (non-hydrogen) atoms. The van der Waals surface area contributed by atoms with E-state index in [-0.39, 0.29) is 37.5 Å². The van der Waals surface area contributed by atoms with Gasteiger partial charge in [0.1, 0.15) is 6.10 Å². The molecule has 8 nitrogen and oxygen atoms in total. The molecule has 2 unspecified atom stereocenters. The van der Waals surface area contributed by atoms with Crippen LogP contribution < -0.4 is 0 Å². The van der Waals surface area contributed by atoms with E-state index in [0.717, 1.165) is 13.5 Å². The van der Waals surface area contributed by atoms with E-state index in [4.69, 9.17) is 24.8 Å². The van der Waals surface area contributed by atoms with Crippen molar-refractivity contribution in [2.75, 3.05) is 34.5 Å². The first-order valence-corrected chi connectivity index (χ1v) is 7.40. The summed E-state index contributed by atoms with van der Waals surface area (Å²) < 4.78 is 14.1. The topological polar surface area (TPSA) is 123 Å². The molecule has 0 aromatic heterocycles. The zero-order valence-electron chi connectivity index (χ0n) is 14.8. The molecule has 0 fully saturated rings. The zero-order chi connectivity index (χ0) is 18.7. The number of hydrogen-bond acceptors (Lipinski definition) is 8. The van der Waals surface area contributed by atoms with Crippen LogP contribution in [0.2, 0.25) is 0 Å². The van der Waals surface area contributed by atoms with E-state index in [9.17, 15) is 9.59 Å². The maximum absolute atomic E-state index is 11.1. The van der Waals surface area contributed by atoms with Gasteiger partial charge in [0.2, 0.25) is 0 Å². The SMILES string of the molecule is CCCC(=O)OC.CO.COCC(C)OC(=O)CCC(O)CO. The molecule has 0 rings (SSSR count). The normalized spacial score (nSPS) is 11.8. The lowest BCUT2D eigenvalue weighted by molar-refractivity contribution is -0.151. The fourth-order valence-electron chi connectivity index (χ4n) is 1.23. The Morgan fingerprint density at radius 3 is 2.00 bits per heavy atom. The van der Waals surface area contributed by atoms with Crippen molar-refractivity contribution in [3.05, 3.63) is 0 Å². The second-order valence-corrected chi connectivity index (χ2v) is 4.46. The predicted octanol–water partition coefficient (Wildman–Crippen LogP) is 0.266. The summed E-state index contributed by atoms with van der Waals surface area (Å²) in [6.45, 7) is 3.69. The van der Waals surface area contributed by atoms with Crippen LogP contribution in [-0.2, 0) is 23.8 Å². The van der Waals surface area contributed by atoms with Crippen LogP contribution >= 0.6 is 0 Å². The quantitative estimate of drug-likeness (QED) is 0.511. The monoisotopic (exact) mass is 340 g/mol. The molecule has 0 spiro atoms. The molecule has 0 aliphatic heterocycles. The van der Waals surface area contributed by atoms with Gasteiger partial charge in [-0.05, 0) is 19.8 Å². The zero-order valence-corrected chi connectivity index (χ0v) is 14.8. The van der Waals surface area contributed by atoms with Crippen molar-refractivity contribution in [1.82, 2.24) is 0 Å². The van der Waals surface area contributed by atoms with Gasteiger partial charge in [0, 0.05) is 27.1 Å². The van der Waals surface area contributed by atoms with Crippen LogP contribution in [0.4, 0.5) is 0 Å². The molecule has 0 amide bonds. The summed E-state index contributed by atoms with van der Waals surface area (Å²) in [5, 5.41) is 24.5. The highest BCUT2D eigenvalue weighted by Gasteiger charge is 2.11. The molecule has 0 aromatic rings. The van der Waals surface area contributed by atoms with Crippen LogP contribution in [-0.4, -0.2) is 74.0 Å². The van der Waals surface area contributed by atoms with Crippen molar-refractivity contribution < 1.29 is 39.1 Å². The second kappa shape index (κ2) is 20.8. The van der Waals surface area contributed by atoms with Gasteiger partial charge in [-0.3, -0.25) is 9.59 Å². The number of aliphatic hydroxyl groups excluding tert-OH is 3. The number of rotatable bonds is 9. The lowest BCUT2D eigenvalue weighted by Gasteiger charge is -2.12. The second-order valence-electron chi connectivity index (χ2n) is 4.46. The van der Waals surface area contributed by atoms with E-state index in [0.29, 0.717) is 13.0 Å². The summed E-state index contributed by atoms with van der Waals surface area (Å²) in [6, 6.07) is 0. The van der Waals surface area contributed by atoms with Gasteiger partial charge < -0.3 is 29.5 Å². The Balaban J connectivity index is -0.000000373. The smallest absolute Gasteiger partial charge is 0.306 e. The van der Waals surface area contributed by atoms with E-state index >= 15 is 0 Å². The maximum Gasteiger partial charge on any atom is 0.306 e. The Kier molecular flexibility index (Phi) is 24.1. The number of carbonyl (C=O) groups excluding carboxylic acids is 2. The summed E-state index contributed by atoms with van der Waals surface area (Å²) in [5.41, 5.74) is 0. The predicted molar refractivity (Wildman–Crippen MR) is 84.8 cm³/mol. The maximum atomic E-state index is 11.1. The molecule has 3 N–H and O–H groups in total. The van der Waals surface area contributed by atoms with Gasteiger partial charge in [-0.2, -0.15) is 0 Å². The van der Waals surface area contributed by atoms with Gasteiger partial charge in [0.15, 0.2) is 0 Å². The molecule has 0 bridgehead atoms. The Bertz CT molecular complexity index is 270. The molecule has 0 aliphatic carbocycles. The first-order valence-electron chi connectivity index (χ1n) is 7.40.